The van der Waals surface area contributed by atoms with Crippen LogP contribution in [0.15, 0.2) is 47.5 Å². The van der Waals surface area contributed by atoms with Gasteiger partial charge in [0, 0.05) is 28.4 Å². The Hall–Kier alpha value is -2.61. The summed E-state index contributed by atoms with van der Waals surface area (Å²) in [4.78, 5) is 15.4. The summed E-state index contributed by atoms with van der Waals surface area (Å²) in [5.41, 5.74) is 1.65. The van der Waals surface area contributed by atoms with E-state index in [-0.39, 0.29) is 18.7 Å². The average Bonchev–Trinajstić information content (AvgIpc) is 2.78. The summed E-state index contributed by atoms with van der Waals surface area (Å²) < 4.78 is 51.4. The Balaban J connectivity index is 1.92. The summed E-state index contributed by atoms with van der Waals surface area (Å²) in [6.45, 7) is -0.261. The number of benzodiazepines with no additional fused rings is 1. The molecule has 1 amide bonds. The fourth-order valence-electron chi connectivity index (χ4n) is 2.71. The Morgan fingerprint density at radius 2 is 1.96 bits per heavy atom. The molecule has 0 aliphatic carbocycles. The number of amides is 1. The lowest BCUT2D eigenvalue weighted by molar-refractivity contribution is -0.173. The second-order valence-corrected chi connectivity index (χ2v) is 6.34. The van der Waals surface area contributed by atoms with Gasteiger partial charge in [-0.2, -0.15) is 13.2 Å². The fraction of sp³-hybridized carbons (Fsp3) is 0.222. The Labute approximate surface area is 157 Å². The molecule has 0 spiro atoms. The first-order valence-electron chi connectivity index (χ1n) is 7.96. The molecule has 1 aliphatic heterocycles. The summed E-state index contributed by atoms with van der Waals surface area (Å²) in [5.74, 6) is -2.51. The summed E-state index contributed by atoms with van der Waals surface area (Å²) in [7, 11) is 0. The van der Waals surface area contributed by atoms with Crippen molar-refractivity contribution < 1.29 is 22.4 Å². The van der Waals surface area contributed by atoms with E-state index in [1.54, 1.807) is 36.4 Å². The van der Waals surface area contributed by atoms with Crippen molar-refractivity contribution in [3.8, 4) is 0 Å². The van der Waals surface area contributed by atoms with Crippen LogP contribution in [-0.4, -0.2) is 36.9 Å². The van der Waals surface area contributed by atoms with Crippen LogP contribution in [0.4, 0.5) is 23.2 Å². The molecule has 2 aromatic rings. The number of carbonyl (C=O) groups is 1. The summed E-state index contributed by atoms with van der Waals surface area (Å²) >= 11 is 6.05. The van der Waals surface area contributed by atoms with E-state index in [9.17, 15) is 22.4 Å². The van der Waals surface area contributed by atoms with E-state index in [2.05, 4.69) is 10.3 Å². The van der Waals surface area contributed by atoms with Crippen LogP contribution in [0.25, 0.3) is 0 Å². The molecule has 142 valence electrons. The van der Waals surface area contributed by atoms with E-state index in [1.165, 1.54) is 6.07 Å². The molecule has 2 aromatic carbocycles. The van der Waals surface area contributed by atoms with Gasteiger partial charge in [-0.1, -0.05) is 23.7 Å². The molecule has 0 radical (unpaired) electrons. The maximum atomic E-state index is 14.3. The molecule has 1 atom stereocenters. The predicted octanol–water partition coefficient (Wildman–Crippen LogP) is 3.79. The number of nitrogens with zero attached hydrogens (tertiary/aromatic N) is 1. The third-order valence-electron chi connectivity index (χ3n) is 3.96. The zero-order chi connectivity index (χ0) is 19.6. The number of alkyl halides is 3. The second-order valence-electron chi connectivity index (χ2n) is 5.91. The monoisotopic (exact) mass is 399 g/mol. The Morgan fingerprint density at radius 3 is 2.67 bits per heavy atom. The van der Waals surface area contributed by atoms with Gasteiger partial charge in [0.1, 0.15) is 5.82 Å². The second kappa shape index (κ2) is 7.56. The van der Waals surface area contributed by atoms with Gasteiger partial charge >= 0.3 is 12.1 Å². The third-order valence-corrected chi connectivity index (χ3v) is 4.20. The van der Waals surface area contributed by atoms with Gasteiger partial charge in [0.25, 0.3) is 0 Å². The van der Waals surface area contributed by atoms with E-state index < -0.39 is 23.9 Å². The molecule has 1 unspecified atom stereocenters. The quantitative estimate of drug-likeness (QED) is 0.772. The topological polar surface area (TPSA) is 53.5 Å². The SMILES string of the molecule is O=C(NCC1CN=C(c2ccccc2F)c2cc(Cl)ccc2N1)C(F)(F)F. The van der Waals surface area contributed by atoms with Gasteiger partial charge in [-0.05, 0) is 30.3 Å². The van der Waals surface area contributed by atoms with Crippen LogP contribution in [-0.2, 0) is 4.79 Å². The van der Waals surface area contributed by atoms with Crippen molar-refractivity contribution in [2.75, 3.05) is 18.4 Å². The van der Waals surface area contributed by atoms with Gasteiger partial charge in [0.05, 0.1) is 18.3 Å². The molecule has 27 heavy (non-hydrogen) atoms. The molecule has 0 saturated heterocycles. The molecule has 0 bridgehead atoms. The smallest absolute Gasteiger partial charge is 0.378 e. The van der Waals surface area contributed by atoms with Crippen LogP contribution in [0.3, 0.4) is 0 Å². The zero-order valence-electron chi connectivity index (χ0n) is 13.8. The number of fused-ring (bicyclic) bond motifs is 1. The lowest BCUT2D eigenvalue weighted by Crippen LogP contribution is -2.43. The van der Waals surface area contributed by atoms with Gasteiger partial charge in [0.2, 0.25) is 0 Å². The molecule has 9 heteroatoms. The first-order chi connectivity index (χ1) is 12.8. The largest absolute Gasteiger partial charge is 0.471 e. The lowest BCUT2D eigenvalue weighted by Gasteiger charge is -2.18. The van der Waals surface area contributed by atoms with E-state index >= 15 is 0 Å². The van der Waals surface area contributed by atoms with Crippen molar-refractivity contribution in [2.24, 2.45) is 4.99 Å². The first kappa shape index (κ1) is 19.2. The van der Waals surface area contributed by atoms with Crippen LogP contribution in [0.2, 0.25) is 5.02 Å². The average molecular weight is 400 g/mol. The predicted molar refractivity (Wildman–Crippen MR) is 94.8 cm³/mol. The number of benzene rings is 2. The molecule has 0 aromatic heterocycles. The van der Waals surface area contributed by atoms with Crippen LogP contribution in [0.1, 0.15) is 11.1 Å². The van der Waals surface area contributed by atoms with Gasteiger partial charge in [0.15, 0.2) is 0 Å². The summed E-state index contributed by atoms with van der Waals surface area (Å²) in [5, 5.41) is 5.27. The summed E-state index contributed by atoms with van der Waals surface area (Å²) in [6.07, 6.45) is -4.96. The van der Waals surface area contributed by atoms with Crippen molar-refractivity contribution in [1.82, 2.24) is 5.32 Å². The van der Waals surface area contributed by atoms with E-state index in [0.29, 0.717) is 22.0 Å². The highest BCUT2D eigenvalue weighted by Gasteiger charge is 2.38. The maximum Gasteiger partial charge on any atom is 0.471 e. The molecule has 0 saturated carbocycles. The molecule has 2 N–H and O–H groups in total. The molecular weight excluding hydrogens is 386 g/mol. The van der Waals surface area contributed by atoms with Crippen LogP contribution in [0.5, 0.6) is 0 Å². The fourth-order valence-corrected chi connectivity index (χ4v) is 2.88. The van der Waals surface area contributed by atoms with E-state index in [4.69, 9.17) is 11.6 Å². The molecule has 3 rings (SSSR count). The van der Waals surface area contributed by atoms with Crippen molar-refractivity contribution >= 4 is 28.9 Å². The zero-order valence-corrected chi connectivity index (χ0v) is 14.5. The van der Waals surface area contributed by atoms with Crippen LogP contribution >= 0.6 is 11.6 Å². The molecule has 1 aliphatic rings. The minimum atomic E-state index is -4.96. The number of hydrogen-bond donors (Lipinski definition) is 2. The number of carbonyl (C=O) groups excluding carboxylic acids is 1. The van der Waals surface area contributed by atoms with E-state index in [0.717, 1.165) is 0 Å². The molecule has 0 fully saturated rings. The van der Waals surface area contributed by atoms with Gasteiger partial charge in [-0.25, -0.2) is 4.39 Å². The Morgan fingerprint density at radius 1 is 1.22 bits per heavy atom. The Kier molecular flexibility index (Phi) is 5.36. The van der Waals surface area contributed by atoms with Crippen LogP contribution in [0, 0.1) is 5.82 Å². The van der Waals surface area contributed by atoms with Gasteiger partial charge in [-0.15, -0.1) is 0 Å². The standard InChI is InChI=1S/C18H14ClF4N3O/c19-10-5-6-15-13(7-10)16(12-3-1-2-4-14(12)20)24-8-11(26-15)9-25-17(27)18(21,22)23/h1-7,11,26H,8-9H2,(H,25,27). The molecule has 1 heterocycles. The maximum absolute atomic E-state index is 14.3. The van der Waals surface area contributed by atoms with Gasteiger partial charge < -0.3 is 10.6 Å². The highest BCUT2D eigenvalue weighted by Crippen LogP contribution is 2.28. The van der Waals surface area contributed by atoms with Crippen molar-refractivity contribution in [1.29, 1.82) is 0 Å². The number of aliphatic imine (C=N–C) groups is 1. The number of rotatable bonds is 3. The first-order valence-corrected chi connectivity index (χ1v) is 8.34. The third kappa shape index (κ3) is 4.39. The highest BCUT2D eigenvalue weighted by molar-refractivity contribution is 6.31. The minimum absolute atomic E-state index is 0.0358. The minimum Gasteiger partial charge on any atom is -0.378 e. The number of nitrogens with one attached hydrogen (secondary N) is 2. The van der Waals surface area contributed by atoms with Crippen molar-refractivity contribution in [3.63, 3.8) is 0 Å². The summed E-state index contributed by atoms with van der Waals surface area (Å²) in [6, 6.07) is 10.3. The normalized spacial score (nSPS) is 16.6. The number of hydrogen-bond acceptors (Lipinski definition) is 3. The van der Waals surface area contributed by atoms with Crippen molar-refractivity contribution in [2.45, 2.75) is 12.2 Å². The van der Waals surface area contributed by atoms with Crippen molar-refractivity contribution in [3.05, 3.63) is 64.4 Å². The lowest BCUT2D eigenvalue weighted by atomic mass is 10.00. The van der Waals surface area contributed by atoms with Gasteiger partial charge in [-0.3, -0.25) is 9.79 Å². The molecular formula is C18H14ClF4N3O. The Bertz CT molecular complexity index is 898. The van der Waals surface area contributed by atoms with Crippen LogP contribution < -0.4 is 10.6 Å². The highest BCUT2D eigenvalue weighted by atomic mass is 35.5. The number of anilines is 1. The number of halogens is 5. The molecule has 4 nitrogen and oxygen atoms in total. The van der Waals surface area contributed by atoms with E-state index in [1.807, 2.05) is 5.32 Å².